The Morgan fingerprint density at radius 1 is 1.50 bits per heavy atom. The van der Waals surface area contributed by atoms with Gasteiger partial charge in [0.15, 0.2) is 0 Å². The summed E-state index contributed by atoms with van der Waals surface area (Å²) < 4.78 is 0. The molecule has 16 heavy (non-hydrogen) atoms. The molecule has 1 aromatic rings. The summed E-state index contributed by atoms with van der Waals surface area (Å²) in [5.74, 6) is 0. The highest BCUT2D eigenvalue weighted by Crippen LogP contribution is 2.34. The van der Waals surface area contributed by atoms with Crippen molar-refractivity contribution >= 4 is 5.69 Å². The van der Waals surface area contributed by atoms with Crippen LogP contribution in [0.4, 0.5) is 5.69 Å². The van der Waals surface area contributed by atoms with Crippen LogP contribution < -0.4 is 4.90 Å². The van der Waals surface area contributed by atoms with E-state index < -0.39 is 0 Å². The molecule has 88 valence electrons. The average molecular weight is 220 g/mol. The molecule has 3 heteroatoms. The van der Waals surface area contributed by atoms with Gasteiger partial charge in [-0.15, -0.1) is 0 Å². The average Bonchev–Trinajstić information content (AvgIpc) is 2.59. The van der Waals surface area contributed by atoms with Crippen LogP contribution in [0.15, 0.2) is 12.3 Å². The highest BCUT2D eigenvalue weighted by molar-refractivity contribution is 5.54. The fraction of sp³-hybridized carbons (Fsp3) is 0.615. The lowest BCUT2D eigenvalue weighted by atomic mass is 9.93. The molecule has 0 spiro atoms. The summed E-state index contributed by atoms with van der Waals surface area (Å²) >= 11 is 0. The number of nitrogens with zero attached hydrogens (tertiary/aromatic N) is 2. The van der Waals surface area contributed by atoms with Crippen molar-refractivity contribution < 1.29 is 5.11 Å². The van der Waals surface area contributed by atoms with Crippen molar-refractivity contribution in [2.75, 3.05) is 18.0 Å². The van der Waals surface area contributed by atoms with Crippen LogP contribution in [-0.2, 0) is 6.61 Å². The van der Waals surface area contributed by atoms with Crippen LogP contribution >= 0.6 is 0 Å². The Morgan fingerprint density at radius 3 is 2.81 bits per heavy atom. The summed E-state index contributed by atoms with van der Waals surface area (Å²) in [6.07, 6.45) is 3.00. The molecule has 0 unspecified atom stereocenters. The first-order valence-corrected chi connectivity index (χ1v) is 5.83. The molecule has 0 saturated carbocycles. The van der Waals surface area contributed by atoms with E-state index in [1.807, 2.05) is 6.92 Å². The molecule has 0 atom stereocenters. The third-order valence-corrected chi connectivity index (χ3v) is 3.29. The number of pyridine rings is 1. The summed E-state index contributed by atoms with van der Waals surface area (Å²) in [5.41, 5.74) is 3.48. The van der Waals surface area contributed by atoms with Gasteiger partial charge in [-0.3, -0.25) is 4.98 Å². The van der Waals surface area contributed by atoms with Gasteiger partial charge in [-0.1, -0.05) is 13.8 Å². The molecule has 0 amide bonds. The fourth-order valence-corrected chi connectivity index (χ4v) is 2.31. The molecule has 3 nitrogen and oxygen atoms in total. The molecule has 1 saturated heterocycles. The van der Waals surface area contributed by atoms with Gasteiger partial charge in [-0.05, 0) is 24.8 Å². The van der Waals surface area contributed by atoms with E-state index >= 15 is 0 Å². The molecular formula is C13H20N2O. The van der Waals surface area contributed by atoms with E-state index in [0.717, 1.165) is 30.0 Å². The number of hydrogen-bond donors (Lipinski definition) is 1. The van der Waals surface area contributed by atoms with Gasteiger partial charge in [0, 0.05) is 36.2 Å². The lowest BCUT2D eigenvalue weighted by Gasteiger charge is -2.23. The quantitative estimate of drug-likeness (QED) is 0.829. The number of aromatic nitrogens is 1. The lowest BCUT2D eigenvalue weighted by molar-refractivity contribution is 0.281. The molecule has 1 fully saturated rings. The Morgan fingerprint density at radius 2 is 2.25 bits per heavy atom. The Bertz CT molecular complexity index is 388. The first-order valence-electron chi connectivity index (χ1n) is 5.83. The van der Waals surface area contributed by atoms with Gasteiger partial charge in [-0.2, -0.15) is 0 Å². The number of anilines is 1. The van der Waals surface area contributed by atoms with Gasteiger partial charge in [0.2, 0.25) is 0 Å². The number of aliphatic hydroxyl groups is 1. The largest absolute Gasteiger partial charge is 0.392 e. The van der Waals surface area contributed by atoms with Crippen LogP contribution in [0.2, 0.25) is 0 Å². The summed E-state index contributed by atoms with van der Waals surface area (Å²) in [5, 5.41) is 9.33. The SMILES string of the molecule is Cc1cc(N2CCC(C)(C)C2)c(CO)cn1. The molecular weight excluding hydrogens is 200 g/mol. The predicted octanol–water partition coefficient (Wildman–Crippen LogP) is 2.12. The summed E-state index contributed by atoms with van der Waals surface area (Å²) in [4.78, 5) is 6.59. The van der Waals surface area contributed by atoms with Gasteiger partial charge < -0.3 is 10.0 Å². The maximum atomic E-state index is 9.33. The van der Waals surface area contributed by atoms with E-state index in [1.54, 1.807) is 6.20 Å². The minimum absolute atomic E-state index is 0.0690. The Kier molecular flexibility index (Phi) is 2.89. The van der Waals surface area contributed by atoms with Gasteiger partial charge in [0.1, 0.15) is 0 Å². The predicted molar refractivity (Wildman–Crippen MR) is 65.5 cm³/mol. The molecule has 0 aromatic carbocycles. The first-order chi connectivity index (χ1) is 7.52. The van der Waals surface area contributed by atoms with E-state index in [9.17, 15) is 5.11 Å². The third-order valence-electron chi connectivity index (χ3n) is 3.29. The van der Waals surface area contributed by atoms with Gasteiger partial charge in [0.25, 0.3) is 0 Å². The summed E-state index contributed by atoms with van der Waals surface area (Å²) in [6, 6.07) is 2.08. The van der Waals surface area contributed by atoms with Crippen LogP contribution in [0.1, 0.15) is 31.5 Å². The minimum atomic E-state index is 0.0690. The van der Waals surface area contributed by atoms with Crippen LogP contribution in [0, 0.1) is 12.3 Å². The van der Waals surface area contributed by atoms with Crippen molar-refractivity contribution in [3.05, 3.63) is 23.5 Å². The van der Waals surface area contributed by atoms with Crippen molar-refractivity contribution in [1.29, 1.82) is 0 Å². The second-order valence-corrected chi connectivity index (χ2v) is 5.45. The molecule has 0 bridgehead atoms. The first kappa shape index (κ1) is 11.4. The normalized spacial score (nSPS) is 19.1. The van der Waals surface area contributed by atoms with Crippen molar-refractivity contribution in [3.63, 3.8) is 0 Å². The van der Waals surface area contributed by atoms with E-state index in [-0.39, 0.29) is 6.61 Å². The summed E-state index contributed by atoms with van der Waals surface area (Å²) in [7, 11) is 0. The molecule has 1 aliphatic heterocycles. The van der Waals surface area contributed by atoms with Gasteiger partial charge in [-0.25, -0.2) is 0 Å². The van der Waals surface area contributed by atoms with Gasteiger partial charge in [0.05, 0.1) is 6.61 Å². The van der Waals surface area contributed by atoms with E-state index in [2.05, 4.69) is 29.8 Å². The topological polar surface area (TPSA) is 36.4 Å². The van der Waals surface area contributed by atoms with Crippen LogP contribution in [0.5, 0.6) is 0 Å². The highest BCUT2D eigenvalue weighted by Gasteiger charge is 2.30. The van der Waals surface area contributed by atoms with E-state index in [1.165, 1.54) is 6.42 Å². The fourth-order valence-electron chi connectivity index (χ4n) is 2.31. The Labute approximate surface area is 97.1 Å². The van der Waals surface area contributed by atoms with Gasteiger partial charge >= 0.3 is 0 Å². The molecule has 2 rings (SSSR count). The zero-order valence-electron chi connectivity index (χ0n) is 10.3. The smallest absolute Gasteiger partial charge is 0.0717 e. The molecule has 0 aliphatic carbocycles. The van der Waals surface area contributed by atoms with E-state index in [4.69, 9.17) is 0 Å². The summed E-state index contributed by atoms with van der Waals surface area (Å²) in [6.45, 7) is 8.78. The Balaban J connectivity index is 2.30. The van der Waals surface area contributed by atoms with Crippen molar-refractivity contribution in [2.24, 2.45) is 5.41 Å². The number of aliphatic hydroxyl groups excluding tert-OH is 1. The van der Waals surface area contributed by atoms with Crippen molar-refractivity contribution in [2.45, 2.75) is 33.8 Å². The zero-order chi connectivity index (χ0) is 11.8. The van der Waals surface area contributed by atoms with E-state index in [0.29, 0.717) is 5.41 Å². The molecule has 0 radical (unpaired) electrons. The second kappa shape index (κ2) is 4.06. The number of rotatable bonds is 2. The highest BCUT2D eigenvalue weighted by atomic mass is 16.3. The van der Waals surface area contributed by atoms with Crippen LogP contribution in [-0.4, -0.2) is 23.2 Å². The number of aryl methyl sites for hydroxylation is 1. The Hall–Kier alpha value is -1.09. The molecule has 1 N–H and O–H groups in total. The van der Waals surface area contributed by atoms with Crippen molar-refractivity contribution in [3.8, 4) is 0 Å². The second-order valence-electron chi connectivity index (χ2n) is 5.45. The monoisotopic (exact) mass is 220 g/mol. The third kappa shape index (κ3) is 2.19. The maximum absolute atomic E-state index is 9.33. The zero-order valence-corrected chi connectivity index (χ0v) is 10.3. The number of hydrogen-bond acceptors (Lipinski definition) is 3. The maximum Gasteiger partial charge on any atom is 0.0717 e. The molecule has 2 heterocycles. The standard InChI is InChI=1S/C13H20N2O/c1-10-6-12(11(8-16)7-14-10)15-5-4-13(2,3)9-15/h6-7,16H,4-5,8-9H2,1-3H3. The van der Waals surface area contributed by atoms with Crippen LogP contribution in [0.3, 0.4) is 0 Å². The minimum Gasteiger partial charge on any atom is -0.392 e. The van der Waals surface area contributed by atoms with Crippen LogP contribution in [0.25, 0.3) is 0 Å². The molecule has 1 aliphatic rings. The lowest BCUT2D eigenvalue weighted by Crippen LogP contribution is -2.24. The molecule has 1 aromatic heterocycles. The van der Waals surface area contributed by atoms with Crippen molar-refractivity contribution in [1.82, 2.24) is 4.98 Å².